The highest BCUT2D eigenvalue weighted by atomic mass is 32.1. The van der Waals surface area contributed by atoms with Crippen molar-refractivity contribution >= 4 is 28.8 Å². The van der Waals surface area contributed by atoms with E-state index in [2.05, 4.69) is 9.97 Å². The van der Waals surface area contributed by atoms with Crippen LogP contribution in [0.5, 0.6) is 5.75 Å². The monoisotopic (exact) mass is 393 g/mol. The molecular weight excluding hydrogens is 378 g/mol. The van der Waals surface area contributed by atoms with Crippen molar-refractivity contribution in [1.29, 1.82) is 0 Å². The number of aliphatic hydroxyl groups is 1. The van der Waals surface area contributed by atoms with Crippen LogP contribution in [0.3, 0.4) is 0 Å². The van der Waals surface area contributed by atoms with Crippen LogP contribution >= 0.6 is 11.3 Å². The van der Waals surface area contributed by atoms with Crippen molar-refractivity contribution in [3.63, 3.8) is 0 Å². The maximum Gasteiger partial charge on any atom is 0.295 e. The minimum atomic E-state index is -0.940. The Kier molecular flexibility index (Phi) is 4.62. The molecule has 1 atom stereocenters. The molecule has 1 amide bonds. The number of phenolic OH excluding ortho intramolecular Hbond substituents is 1. The van der Waals surface area contributed by atoms with Crippen LogP contribution < -0.4 is 0 Å². The zero-order valence-electron chi connectivity index (χ0n) is 14.5. The number of rotatable bonds is 4. The van der Waals surface area contributed by atoms with Crippen LogP contribution in [-0.2, 0) is 16.1 Å². The van der Waals surface area contributed by atoms with E-state index in [0.717, 1.165) is 4.88 Å². The maximum atomic E-state index is 12.8. The number of amides is 1. The number of nitrogens with zero attached hydrogens (tertiary/aromatic N) is 3. The number of ketones is 1. The molecule has 1 aliphatic heterocycles. The van der Waals surface area contributed by atoms with Gasteiger partial charge < -0.3 is 15.1 Å². The standard InChI is InChI=1S/C20H15N3O4S/c24-15-6-2-1-5-13(15)17-16(18(25)14-10-21-7-8-22-14)19(26)20(27)23(17)11-12-4-3-9-28-12/h1-10,17,24-25H,11H2/b18-16+. The lowest BCUT2D eigenvalue weighted by atomic mass is 9.96. The number of aliphatic hydroxyl groups excluding tert-OH is 1. The van der Waals surface area contributed by atoms with E-state index in [1.807, 2.05) is 17.5 Å². The predicted octanol–water partition coefficient (Wildman–Crippen LogP) is 2.87. The fourth-order valence-corrected chi connectivity index (χ4v) is 3.92. The van der Waals surface area contributed by atoms with Crippen molar-refractivity contribution in [3.05, 3.63) is 82.1 Å². The molecule has 3 heterocycles. The molecule has 4 rings (SSSR count). The number of aromatic nitrogens is 2. The first kappa shape index (κ1) is 17.9. The Balaban J connectivity index is 1.90. The van der Waals surface area contributed by atoms with E-state index < -0.39 is 23.5 Å². The molecule has 2 aromatic heterocycles. The number of phenols is 1. The highest BCUT2D eigenvalue weighted by Crippen LogP contribution is 2.42. The molecule has 0 bridgehead atoms. The third-order valence-electron chi connectivity index (χ3n) is 4.48. The molecule has 1 unspecified atom stereocenters. The summed E-state index contributed by atoms with van der Waals surface area (Å²) in [6.07, 6.45) is 4.13. The summed E-state index contributed by atoms with van der Waals surface area (Å²) < 4.78 is 0. The second kappa shape index (κ2) is 7.24. The molecular formula is C20H15N3O4S. The largest absolute Gasteiger partial charge is 0.508 e. The van der Waals surface area contributed by atoms with Gasteiger partial charge in [-0.15, -0.1) is 11.3 Å². The minimum Gasteiger partial charge on any atom is -0.508 e. The van der Waals surface area contributed by atoms with Crippen LogP contribution in [0.15, 0.2) is 65.9 Å². The molecule has 0 spiro atoms. The van der Waals surface area contributed by atoms with Gasteiger partial charge >= 0.3 is 0 Å². The fraction of sp³-hybridized carbons (Fsp3) is 0.100. The van der Waals surface area contributed by atoms with Crippen molar-refractivity contribution in [2.24, 2.45) is 0 Å². The molecule has 1 aromatic carbocycles. The van der Waals surface area contributed by atoms with E-state index in [4.69, 9.17) is 0 Å². The Bertz CT molecular complexity index is 1060. The summed E-state index contributed by atoms with van der Waals surface area (Å²) in [5.74, 6) is -2.07. The van der Waals surface area contributed by atoms with Crippen molar-refractivity contribution < 1.29 is 19.8 Å². The van der Waals surface area contributed by atoms with E-state index in [1.165, 1.54) is 40.9 Å². The molecule has 1 saturated heterocycles. The number of carbonyl (C=O) groups excluding carboxylic acids is 2. The molecule has 8 heteroatoms. The van der Waals surface area contributed by atoms with E-state index >= 15 is 0 Å². The third kappa shape index (κ3) is 3.03. The molecule has 28 heavy (non-hydrogen) atoms. The van der Waals surface area contributed by atoms with Crippen LogP contribution in [0.2, 0.25) is 0 Å². The van der Waals surface area contributed by atoms with Gasteiger partial charge in [0.1, 0.15) is 11.4 Å². The Morgan fingerprint density at radius 2 is 1.96 bits per heavy atom. The number of aromatic hydroxyl groups is 1. The number of benzene rings is 1. The Labute approximate surface area is 164 Å². The van der Waals surface area contributed by atoms with Crippen molar-refractivity contribution in [2.45, 2.75) is 12.6 Å². The SMILES string of the molecule is O=C1C(=O)N(Cc2cccs2)C(c2ccccc2O)/C1=C(\O)c1cnccn1. The first-order chi connectivity index (χ1) is 13.6. The summed E-state index contributed by atoms with van der Waals surface area (Å²) in [6, 6.07) is 9.21. The Morgan fingerprint density at radius 3 is 2.64 bits per heavy atom. The highest BCUT2D eigenvalue weighted by Gasteiger charge is 2.47. The van der Waals surface area contributed by atoms with Crippen LogP contribution in [0, 0.1) is 0 Å². The Morgan fingerprint density at radius 1 is 1.14 bits per heavy atom. The number of hydrogen-bond donors (Lipinski definition) is 2. The van der Waals surface area contributed by atoms with Crippen molar-refractivity contribution in [3.8, 4) is 5.75 Å². The topological polar surface area (TPSA) is 104 Å². The summed E-state index contributed by atoms with van der Waals surface area (Å²) in [6.45, 7) is 0.179. The summed E-state index contributed by atoms with van der Waals surface area (Å²) in [7, 11) is 0. The van der Waals surface area contributed by atoms with Crippen LogP contribution in [0.4, 0.5) is 0 Å². The summed E-state index contributed by atoms with van der Waals surface area (Å²) in [5.41, 5.74) is 0.310. The number of thiophene rings is 1. The average Bonchev–Trinajstić information content (AvgIpc) is 3.31. The highest BCUT2D eigenvalue weighted by molar-refractivity contribution is 7.09. The maximum absolute atomic E-state index is 12.8. The van der Waals surface area contributed by atoms with Gasteiger partial charge in [-0.1, -0.05) is 24.3 Å². The lowest BCUT2D eigenvalue weighted by molar-refractivity contribution is -0.140. The smallest absolute Gasteiger partial charge is 0.295 e. The Hall–Kier alpha value is -3.52. The summed E-state index contributed by atoms with van der Waals surface area (Å²) >= 11 is 1.45. The number of likely N-dealkylation sites (tertiary alicyclic amines) is 1. The first-order valence-corrected chi connectivity index (χ1v) is 9.31. The quantitative estimate of drug-likeness (QED) is 0.401. The van der Waals surface area contributed by atoms with Gasteiger partial charge in [0.15, 0.2) is 5.76 Å². The number of hydrogen-bond acceptors (Lipinski definition) is 7. The van der Waals surface area contributed by atoms with E-state index in [0.29, 0.717) is 5.56 Å². The molecule has 0 saturated carbocycles. The van der Waals surface area contributed by atoms with E-state index in [9.17, 15) is 19.8 Å². The summed E-state index contributed by atoms with van der Waals surface area (Å²) in [4.78, 5) is 35.8. The molecule has 1 aliphatic rings. The predicted molar refractivity (Wildman–Crippen MR) is 102 cm³/mol. The molecule has 0 radical (unpaired) electrons. The first-order valence-electron chi connectivity index (χ1n) is 8.43. The van der Waals surface area contributed by atoms with Crippen LogP contribution in [0.1, 0.15) is 22.2 Å². The number of carbonyl (C=O) groups is 2. The molecule has 2 N–H and O–H groups in total. The van der Waals surface area contributed by atoms with Crippen LogP contribution in [0.25, 0.3) is 5.76 Å². The van der Waals surface area contributed by atoms with Gasteiger partial charge in [0.05, 0.1) is 24.4 Å². The molecule has 7 nitrogen and oxygen atoms in total. The molecule has 0 aliphatic carbocycles. The molecule has 140 valence electrons. The van der Waals surface area contributed by atoms with E-state index in [-0.39, 0.29) is 23.6 Å². The summed E-state index contributed by atoms with van der Waals surface area (Å²) in [5, 5.41) is 23.0. The van der Waals surface area contributed by atoms with Gasteiger partial charge in [-0.2, -0.15) is 0 Å². The third-order valence-corrected chi connectivity index (χ3v) is 5.34. The zero-order chi connectivity index (χ0) is 19.7. The second-order valence-corrected chi connectivity index (χ2v) is 7.19. The van der Waals surface area contributed by atoms with Gasteiger partial charge in [-0.25, -0.2) is 4.98 Å². The normalized spacial score (nSPS) is 18.6. The second-order valence-electron chi connectivity index (χ2n) is 6.16. The molecule has 3 aromatic rings. The fourth-order valence-electron chi connectivity index (χ4n) is 3.21. The van der Waals surface area contributed by atoms with Gasteiger partial charge in [0.2, 0.25) is 0 Å². The molecule has 1 fully saturated rings. The minimum absolute atomic E-state index is 0.0735. The van der Waals surface area contributed by atoms with Gasteiger partial charge in [-0.05, 0) is 17.5 Å². The lowest BCUT2D eigenvalue weighted by Gasteiger charge is -2.25. The lowest BCUT2D eigenvalue weighted by Crippen LogP contribution is -2.28. The average molecular weight is 393 g/mol. The van der Waals surface area contributed by atoms with Gasteiger partial charge in [0.25, 0.3) is 11.7 Å². The zero-order valence-corrected chi connectivity index (χ0v) is 15.3. The van der Waals surface area contributed by atoms with Gasteiger partial charge in [0, 0.05) is 22.8 Å². The van der Waals surface area contributed by atoms with Crippen molar-refractivity contribution in [2.75, 3.05) is 0 Å². The van der Waals surface area contributed by atoms with Gasteiger partial charge in [-0.3, -0.25) is 14.6 Å². The number of Topliss-reactive ketones (excluding diaryl/α,β-unsaturated/α-hetero) is 1. The van der Waals surface area contributed by atoms with E-state index in [1.54, 1.807) is 18.2 Å². The van der Waals surface area contributed by atoms with Crippen LogP contribution in [-0.4, -0.2) is 36.8 Å². The number of para-hydroxylation sites is 1. The van der Waals surface area contributed by atoms with Crippen molar-refractivity contribution in [1.82, 2.24) is 14.9 Å².